The predicted molar refractivity (Wildman–Crippen MR) is 111 cm³/mol. The van der Waals surface area contributed by atoms with Crippen molar-refractivity contribution in [1.29, 1.82) is 0 Å². The number of hydrogen-bond donors (Lipinski definition) is 1. The molecule has 0 spiro atoms. The summed E-state index contributed by atoms with van der Waals surface area (Å²) in [6, 6.07) is 12.5. The van der Waals surface area contributed by atoms with Crippen LogP contribution in [0, 0.1) is 6.92 Å². The predicted octanol–water partition coefficient (Wildman–Crippen LogP) is 4.71. The fraction of sp³-hybridized carbons (Fsp3) is 0.150. The highest BCUT2D eigenvalue weighted by Gasteiger charge is 2.12. The van der Waals surface area contributed by atoms with Crippen LogP contribution in [-0.4, -0.2) is 15.5 Å². The highest BCUT2D eigenvalue weighted by Crippen LogP contribution is 2.24. The average Bonchev–Trinajstić information content (AvgIpc) is 3.22. The first-order valence-corrected chi connectivity index (χ1v) is 9.87. The van der Waals surface area contributed by atoms with Crippen molar-refractivity contribution in [3.63, 3.8) is 0 Å². The fourth-order valence-corrected chi connectivity index (χ4v) is 3.73. The number of carbonyl (C=O) groups excluding carboxylic acids is 1. The Morgan fingerprint density at radius 3 is 2.93 bits per heavy atom. The van der Waals surface area contributed by atoms with Crippen molar-refractivity contribution in [2.24, 2.45) is 0 Å². The van der Waals surface area contributed by atoms with E-state index in [1.807, 2.05) is 36.6 Å². The van der Waals surface area contributed by atoms with Crippen LogP contribution in [0.3, 0.4) is 0 Å². The van der Waals surface area contributed by atoms with Crippen LogP contribution in [0.5, 0.6) is 0 Å². The van der Waals surface area contributed by atoms with Gasteiger partial charge in [0.05, 0.1) is 16.2 Å². The van der Waals surface area contributed by atoms with Gasteiger partial charge in [0.2, 0.25) is 5.91 Å². The first-order valence-electron chi connectivity index (χ1n) is 8.61. The number of halogens is 1. The molecule has 0 saturated heterocycles. The Labute approximate surface area is 169 Å². The van der Waals surface area contributed by atoms with E-state index < -0.39 is 5.76 Å². The first kappa shape index (κ1) is 18.5. The summed E-state index contributed by atoms with van der Waals surface area (Å²) in [4.78, 5) is 28.9. The molecule has 4 rings (SSSR count). The van der Waals surface area contributed by atoms with Crippen molar-refractivity contribution >= 4 is 45.6 Å². The van der Waals surface area contributed by atoms with Crippen molar-refractivity contribution in [2.45, 2.75) is 19.9 Å². The maximum Gasteiger partial charge on any atom is 0.419 e. The molecule has 2 aromatic heterocycles. The lowest BCUT2D eigenvalue weighted by Gasteiger charge is -2.07. The third-order valence-corrected chi connectivity index (χ3v) is 5.26. The summed E-state index contributed by atoms with van der Waals surface area (Å²) in [6.07, 6.45) is 0.136. The number of oxazole rings is 1. The minimum absolute atomic E-state index is 0.136. The number of nitrogens with one attached hydrogen (secondary N) is 1. The number of nitrogens with zero attached hydrogens (tertiary/aromatic N) is 2. The van der Waals surface area contributed by atoms with Crippen LogP contribution in [-0.2, 0) is 11.3 Å². The van der Waals surface area contributed by atoms with Gasteiger partial charge >= 0.3 is 5.76 Å². The molecule has 2 aromatic carbocycles. The number of fused-ring (bicyclic) bond motifs is 1. The molecule has 0 aliphatic rings. The van der Waals surface area contributed by atoms with Crippen molar-refractivity contribution in [2.75, 3.05) is 5.32 Å². The number of aromatic nitrogens is 2. The van der Waals surface area contributed by atoms with Gasteiger partial charge in [0, 0.05) is 40.7 Å². The van der Waals surface area contributed by atoms with E-state index in [1.165, 1.54) is 4.57 Å². The summed E-state index contributed by atoms with van der Waals surface area (Å²) in [7, 11) is 0. The summed E-state index contributed by atoms with van der Waals surface area (Å²) in [5.74, 6) is -0.701. The lowest BCUT2D eigenvalue weighted by Crippen LogP contribution is -2.19. The topological polar surface area (TPSA) is 77.1 Å². The number of anilines is 1. The van der Waals surface area contributed by atoms with Gasteiger partial charge in [0.25, 0.3) is 0 Å². The SMILES string of the molecule is Cc1nc(-c2cccc(NC(=O)CCn3c(=O)oc4cc(Cl)ccc43)c2)cs1. The Morgan fingerprint density at radius 1 is 1.29 bits per heavy atom. The number of benzene rings is 2. The number of rotatable bonds is 5. The molecule has 0 atom stereocenters. The molecule has 0 saturated carbocycles. The number of thiazole rings is 1. The summed E-state index contributed by atoms with van der Waals surface area (Å²) in [5.41, 5.74) is 3.53. The molecule has 1 N–H and O–H groups in total. The minimum atomic E-state index is -0.508. The van der Waals surface area contributed by atoms with Gasteiger partial charge in [-0.05, 0) is 31.2 Å². The quantitative estimate of drug-likeness (QED) is 0.514. The zero-order valence-corrected chi connectivity index (χ0v) is 16.5. The molecule has 0 bridgehead atoms. The van der Waals surface area contributed by atoms with Gasteiger partial charge in [-0.2, -0.15) is 0 Å². The van der Waals surface area contributed by atoms with E-state index in [-0.39, 0.29) is 18.9 Å². The van der Waals surface area contributed by atoms with E-state index >= 15 is 0 Å². The molecular weight excluding hydrogens is 398 g/mol. The van der Waals surface area contributed by atoms with E-state index in [0.717, 1.165) is 16.3 Å². The van der Waals surface area contributed by atoms with Crippen LogP contribution in [0.2, 0.25) is 5.02 Å². The van der Waals surface area contributed by atoms with E-state index in [9.17, 15) is 9.59 Å². The molecule has 4 aromatic rings. The van der Waals surface area contributed by atoms with Gasteiger partial charge in [-0.25, -0.2) is 9.78 Å². The van der Waals surface area contributed by atoms with Crippen LogP contribution in [0.4, 0.5) is 5.69 Å². The third-order valence-electron chi connectivity index (χ3n) is 4.25. The minimum Gasteiger partial charge on any atom is -0.408 e. The van der Waals surface area contributed by atoms with Gasteiger partial charge < -0.3 is 9.73 Å². The third kappa shape index (κ3) is 3.85. The molecule has 0 fully saturated rings. The van der Waals surface area contributed by atoms with E-state index in [2.05, 4.69) is 10.3 Å². The molecule has 1 amide bonds. The van der Waals surface area contributed by atoms with Gasteiger partial charge in [0.1, 0.15) is 0 Å². The van der Waals surface area contributed by atoms with Crippen molar-refractivity contribution in [3.05, 3.63) is 68.4 Å². The first-order chi connectivity index (χ1) is 13.5. The average molecular weight is 414 g/mol. The summed E-state index contributed by atoms with van der Waals surface area (Å²) in [6.45, 7) is 2.17. The monoisotopic (exact) mass is 413 g/mol. The number of aryl methyl sites for hydroxylation is 2. The highest BCUT2D eigenvalue weighted by atomic mass is 35.5. The molecule has 0 aliphatic heterocycles. The molecule has 6 nitrogen and oxygen atoms in total. The van der Waals surface area contributed by atoms with Gasteiger partial charge in [-0.1, -0.05) is 23.7 Å². The Bertz CT molecular complexity index is 1220. The lowest BCUT2D eigenvalue weighted by molar-refractivity contribution is -0.116. The zero-order valence-electron chi connectivity index (χ0n) is 14.9. The zero-order chi connectivity index (χ0) is 19.7. The van der Waals surface area contributed by atoms with E-state index in [0.29, 0.717) is 21.8 Å². The Morgan fingerprint density at radius 2 is 2.14 bits per heavy atom. The maximum absolute atomic E-state index is 12.4. The van der Waals surface area contributed by atoms with Crippen LogP contribution in [0.15, 0.2) is 57.1 Å². The van der Waals surface area contributed by atoms with Crippen molar-refractivity contribution < 1.29 is 9.21 Å². The van der Waals surface area contributed by atoms with E-state index in [4.69, 9.17) is 16.0 Å². The normalized spacial score (nSPS) is 11.1. The second-order valence-corrected chi connectivity index (χ2v) is 7.76. The molecular formula is C20H16ClN3O3S. The number of carbonyl (C=O) groups is 1. The fourth-order valence-electron chi connectivity index (χ4n) is 2.94. The maximum atomic E-state index is 12.4. The summed E-state index contributed by atoms with van der Waals surface area (Å²) < 4.78 is 6.61. The Balaban J connectivity index is 1.46. The molecule has 8 heteroatoms. The van der Waals surface area contributed by atoms with Crippen LogP contribution >= 0.6 is 22.9 Å². The van der Waals surface area contributed by atoms with Crippen LogP contribution in [0.25, 0.3) is 22.4 Å². The number of hydrogen-bond acceptors (Lipinski definition) is 5. The highest BCUT2D eigenvalue weighted by molar-refractivity contribution is 7.09. The van der Waals surface area contributed by atoms with E-state index in [1.54, 1.807) is 29.5 Å². The molecule has 0 unspecified atom stereocenters. The second kappa shape index (κ2) is 7.61. The van der Waals surface area contributed by atoms with Gasteiger partial charge in [-0.3, -0.25) is 9.36 Å². The van der Waals surface area contributed by atoms with Crippen LogP contribution in [0.1, 0.15) is 11.4 Å². The summed E-state index contributed by atoms with van der Waals surface area (Å²) in [5, 5.41) is 6.33. The smallest absolute Gasteiger partial charge is 0.408 e. The Hall–Kier alpha value is -2.90. The molecule has 0 radical (unpaired) electrons. The molecule has 0 aliphatic carbocycles. The van der Waals surface area contributed by atoms with Crippen molar-refractivity contribution in [3.8, 4) is 11.3 Å². The van der Waals surface area contributed by atoms with Crippen molar-refractivity contribution in [1.82, 2.24) is 9.55 Å². The summed E-state index contributed by atoms with van der Waals surface area (Å²) >= 11 is 7.50. The lowest BCUT2D eigenvalue weighted by atomic mass is 10.1. The van der Waals surface area contributed by atoms with Gasteiger partial charge in [0.15, 0.2) is 5.58 Å². The molecule has 28 heavy (non-hydrogen) atoms. The molecule has 142 valence electrons. The van der Waals surface area contributed by atoms with Gasteiger partial charge in [-0.15, -0.1) is 11.3 Å². The standard InChI is InChI=1S/C20H16ClN3O3S/c1-12-22-16(11-28-12)13-3-2-4-15(9-13)23-19(25)7-8-24-17-6-5-14(21)10-18(17)27-20(24)26/h2-6,9-11H,7-8H2,1H3,(H,23,25). The second-order valence-electron chi connectivity index (χ2n) is 6.26. The van der Waals surface area contributed by atoms with Crippen LogP contribution < -0.4 is 11.1 Å². The Kier molecular flexibility index (Phi) is 5.02. The number of amides is 1. The molecule has 2 heterocycles. The largest absolute Gasteiger partial charge is 0.419 e.